The first kappa shape index (κ1) is 18.3. The largest absolute Gasteiger partial charge is 0.383 e. The summed E-state index contributed by atoms with van der Waals surface area (Å²) in [5, 5.41) is 0.872. The van der Waals surface area contributed by atoms with Crippen molar-refractivity contribution in [3.63, 3.8) is 0 Å². The molecule has 1 amide bonds. The highest BCUT2D eigenvalue weighted by atomic mass is 16.5. The van der Waals surface area contributed by atoms with E-state index in [1.165, 1.54) is 0 Å². The van der Waals surface area contributed by atoms with Gasteiger partial charge in [-0.2, -0.15) is 0 Å². The van der Waals surface area contributed by atoms with Crippen molar-refractivity contribution in [2.24, 2.45) is 0 Å². The predicted molar refractivity (Wildman–Crippen MR) is 107 cm³/mol. The van der Waals surface area contributed by atoms with Crippen LogP contribution in [0, 0.1) is 6.92 Å². The van der Waals surface area contributed by atoms with E-state index in [-0.39, 0.29) is 12.0 Å². The number of aryl methyl sites for hydroxylation is 1. The minimum absolute atomic E-state index is 0.0982. The second-order valence-electron chi connectivity index (χ2n) is 7.08. The smallest absolute Gasteiger partial charge is 0.272 e. The Morgan fingerprint density at radius 1 is 1.32 bits per heavy atom. The van der Waals surface area contributed by atoms with Crippen molar-refractivity contribution >= 4 is 22.6 Å². The van der Waals surface area contributed by atoms with Gasteiger partial charge < -0.3 is 15.4 Å². The molecule has 0 aromatic carbocycles. The minimum atomic E-state index is -0.135. The van der Waals surface area contributed by atoms with Crippen LogP contribution in [0.3, 0.4) is 0 Å². The van der Waals surface area contributed by atoms with Crippen LogP contribution < -0.4 is 5.73 Å². The number of carbonyl (C=O) groups is 1. The van der Waals surface area contributed by atoms with E-state index < -0.39 is 0 Å². The van der Waals surface area contributed by atoms with Gasteiger partial charge in [0.2, 0.25) is 0 Å². The molecule has 0 bridgehead atoms. The molecule has 3 aromatic heterocycles. The van der Waals surface area contributed by atoms with Crippen LogP contribution in [0.2, 0.25) is 0 Å². The van der Waals surface area contributed by atoms with Gasteiger partial charge in [0, 0.05) is 23.7 Å². The first-order valence-corrected chi connectivity index (χ1v) is 9.38. The molecule has 3 aromatic rings. The van der Waals surface area contributed by atoms with Gasteiger partial charge in [-0.15, -0.1) is 0 Å². The van der Waals surface area contributed by atoms with E-state index >= 15 is 0 Å². The van der Waals surface area contributed by atoms with Gasteiger partial charge in [0.15, 0.2) is 0 Å². The first-order chi connectivity index (χ1) is 13.5. The summed E-state index contributed by atoms with van der Waals surface area (Å²) in [6.07, 6.45) is 3.32. The third-order valence-corrected chi connectivity index (χ3v) is 5.15. The Hall–Kier alpha value is -3.06. The van der Waals surface area contributed by atoms with Crippen molar-refractivity contribution in [1.29, 1.82) is 0 Å². The summed E-state index contributed by atoms with van der Waals surface area (Å²) < 4.78 is 5.73. The van der Waals surface area contributed by atoms with Crippen molar-refractivity contribution in [3.8, 4) is 0 Å². The maximum atomic E-state index is 13.1. The second kappa shape index (κ2) is 7.16. The van der Waals surface area contributed by atoms with Crippen LogP contribution in [-0.4, -0.2) is 32.3 Å². The zero-order chi connectivity index (χ0) is 19.8. The van der Waals surface area contributed by atoms with E-state index in [1.54, 1.807) is 17.2 Å². The fourth-order valence-corrected chi connectivity index (χ4v) is 3.56. The van der Waals surface area contributed by atoms with E-state index in [2.05, 4.69) is 15.0 Å². The highest BCUT2D eigenvalue weighted by Gasteiger charge is 2.26. The molecule has 7 nitrogen and oxygen atoms in total. The molecule has 0 aliphatic carbocycles. The molecule has 1 aliphatic heterocycles. The highest BCUT2D eigenvalue weighted by molar-refractivity contribution is 5.97. The Balaban J connectivity index is 1.68. The van der Waals surface area contributed by atoms with Crippen molar-refractivity contribution in [1.82, 2.24) is 19.9 Å². The van der Waals surface area contributed by atoms with Gasteiger partial charge >= 0.3 is 0 Å². The molecule has 0 fully saturated rings. The molecular formula is C21H23N5O2. The lowest BCUT2D eigenvalue weighted by atomic mass is 10.0. The average Bonchev–Trinajstić information content (AvgIpc) is 3.09. The molecular weight excluding hydrogens is 354 g/mol. The maximum absolute atomic E-state index is 13.1. The minimum Gasteiger partial charge on any atom is -0.383 e. The van der Waals surface area contributed by atoms with Gasteiger partial charge in [0.1, 0.15) is 11.5 Å². The number of nitrogen functional groups attached to an aromatic ring is 1. The zero-order valence-corrected chi connectivity index (χ0v) is 16.3. The molecule has 0 unspecified atom stereocenters. The Morgan fingerprint density at radius 3 is 2.86 bits per heavy atom. The lowest BCUT2D eigenvalue weighted by Crippen LogP contribution is -2.31. The van der Waals surface area contributed by atoms with E-state index in [0.29, 0.717) is 36.7 Å². The summed E-state index contributed by atoms with van der Waals surface area (Å²) in [7, 11) is 0. The third kappa shape index (κ3) is 3.18. The molecule has 1 atom stereocenters. The van der Waals surface area contributed by atoms with Crippen molar-refractivity contribution < 1.29 is 9.53 Å². The van der Waals surface area contributed by atoms with Gasteiger partial charge in [-0.1, -0.05) is 6.07 Å². The SMILES string of the molecule is CCN(Cc1ccc(C)cn1)C(=O)c1cc2c3c(c(N)nc2cn1)[C@@H](C)OC3. The number of amides is 1. The summed E-state index contributed by atoms with van der Waals surface area (Å²) in [6.45, 7) is 7.35. The van der Waals surface area contributed by atoms with Crippen LogP contribution in [0.1, 0.15) is 52.8 Å². The van der Waals surface area contributed by atoms with Gasteiger partial charge in [0.05, 0.1) is 36.7 Å². The number of hydrogen-bond donors (Lipinski definition) is 1. The quantitative estimate of drug-likeness (QED) is 0.750. The molecule has 7 heteroatoms. The van der Waals surface area contributed by atoms with Crippen molar-refractivity contribution in [2.75, 3.05) is 12.3 Å². The maximum Gasteiger partial charge on any atom is 0.272 e. The molecule has 1 aliphatic rings. The summed E-state index contributed by atoms with van der Waals surface area (Å²) in [6, 6.07) is 5.74. The first-order valence-electron chi connectivity index (χ1n) is 9.38. The lowest BCUT2D eigenvalue weighted by Gasteiger charge is -2.20. The fraction of sp³-hybridized carbons (Fsp3) is 0.333. The molecule has 4 rings (SSSR count). The van der Waals surface area contributed by atoms with E-state index in [0.717, 1.165) is 27.8 Å². The van der Waals surface area contributed by atoms with Gasteiger partial charge in [-0.05, 0) is 44.0 Å². The topological polar surface area (TPSA) is 94.2 Å². The van der Waals surface area contributed by atoms with E-state index in [9.17, 15) is 4.79 Å². The number of hydrogen-bond acceptors (Lipinski definition) is 6. The van der Waals surface area contributed by atoms with E-state index in [1.807, 2.05) is 39.1 Å². The standard InChI is InChI=1S/C21H23N5O2/c1-4-26(10-14-6-5-12(2)8-23-14)21(27)17-7-15-16-11-28-13(3)19(16)20(22)25-18(15)9-24-17/h5-9,13H,4,10-11H2,1-3H3,(H2,22,25)/t13-/m1/s1. The van der Waals surface area contributed by atoms with Gasteiger partial charge in [-0.25, -0.2) is 9.97 Å². The number of carbonyl (C=O) groups excluding carboxylic acids is 1. The average molecular weight is 377 g/mol. The monoisotopic (exact) mass is 377 g/mol. The number of nitrogens with two attached hydrogens (primary N) is 1. The number of rotatable bonds is 4. The second-order valence-corrected chi connectivity index (χ2v) is 7.08. The molecule has 144 valence electrons. The summed E-state index contributed by atoms with van der Waals surface area (Å²) in [5.41, 5.74) is 11.0. The summed E-state index contributed by atoms with van der Waals surface area (Å²) >= 11 is 0. The van der Waals surface area contributed by atoms with E-state index in [4.69, 9.17) is 10.5 Å². The highest BCUT2D eigenvalue weighted by Crippen LogP contribution is 2.37. The number of pyridine rings is 3. The van der Waals surface area contributed by atoms with Crippen LogP contribution in [0.4, 0.5) is 5.82 Å². The molecule has 2 N–H and O–H groups in total. The third-order valence-electron chi connectivity index (χ3n) is 5.15. The van der Waals surface area contributed by atoms with Crippen LogP contribution in [0.5, 0.6) is 0 Å². The van der Waals surface area contributed by atoms with Crippen molar-refractivity contribution in [3.05, 3.63) is 58.7 Å². The Morgan fingerprint density at radius 2 is 2.14 bits per heavy atom. The molecule has 0 radical (unpaired) electrons. The molecule has 4 heterocycles. The number of anilines is 1. The predicted octanol–water partition coefficient (Wildman–Crippen LogP) is 3.17. The summed E-state index contributed by atoms with van der Waals surface area (Å²) in [4.78, 5) is 28.0. The van der Waals surface area contributed by atoms with Crippen LogP contribution in [0.25, 0.3) is 10.9 Å². The fourth-order valence-electron chi connectivity index (χ4n) is 3.56. The molecule has 0 saturated heterocycles. The molecule has 0 saturated carbocycles. The zero-order valence-electron chi connectivity index (χ0n) is 16.3. The number of fused-ring (bicyclic) bond motifs is 3. The molecule has 0 spiro atoms. The Kier molecular flexibility index (Phi) is 4.68. The Bertz CT molecular complexity index is 1050. The van der Waals surface area contributed by atoms with Gasteiger partial charge in [0.25, 0.3) is 5.91 Å². The molecule has 28 heavy (non-hydrogen) atoms. The van der Waals surface area contributed by atoms with Crippen LogP contribution >= 0.6 is 0 Å². The lowest BCUT2D eigenvalue weighted by molar-refractivity contribution is 0.0744. The number of aromatic nitrogens is 3. The number of ether oxygens (including phenoxy) is 1. The summed E-state index contributed by atoms with van der Waals surface area (Å²) in [5.74, 6) is 0.332. The normalized spacial score (nSPS) is 15.6. The van der Waals surface area contributed by atoms with Gasteiger partial charge in [-0.3, -0.25) is 9.78 Å². The Labute approximate surface area is 163 Å². The number of nitrogens with zero attached hydrogens (tertiary/aromatic N) is 4. The van der Waals surface area contributed by atoms with Crippen LogP contribution in [0.15, 0.2) is 30.6 Å². The van der Waals surface area contributed by atoms with Crippen molar-refractivity contribution in [2.45, 2.75) is 40.0 Å². The van der Waals surface area contributed by atoms with Crippen LogP contribution in [-0.2, 0) is 17.9 Å².